The molecule has 0 aliphatic heterocycles. The SMILES string of the molecule is CC(C)c1nnc(F)c(C2CC2[n+]2nc(C(C)C)c(C3CC3)c(Br)c2F)c1Br. The van der Waals surface area contributed by atoms with Gasteiger partial charge in [-0.1, -0.05) is 32.4 Å². The van der Waals surface area contributed by atoms with Crippen molar-refractivity contribution in [3.63, 3.8) is 0 Å². The van der Waals surface area contributed by atoms with Gasteiger partial charge in [-0.25, -0.2) is 0 Å². The van der Waals surface area contributed by atoms with E-state index in [1.807, 2.05) is 13.8 Å². The Balaban J connectivity index is 1.75. The molecule has 2 aromatic heterocycles. The van der Waals surface area contributed by atoms with E-state index in [1.54, 1.807) is 0 Å². The van der Waals surface area contributed by atoms with E-state index < -0.39 is 5.95 Å². The normalized spacial score (nSPS) is 21.6. The van der Waals surface area contributed by atoms with Crippen LogP contribution in [0, 0.1) is 11.9 Å². The van der Waals surface area contributed by atoms with Gasteiger partial charge in [0.1, 0.15) is 10.2 Å². The molecule has 2 aromatic rings. The summed E-state index contributed by atoms with van der Waals surface area (Å²) in [5, 5.41) is 12.4. The van der Waals surface area contributed by atoms with Gasteiger partial charge < -0.3 is 0 Å². The second-order valence-electron chi connectivity index (χ2n) is 8.45. The summed E-state index contributed by atoms with van der Waals surface area (Å²) in [5.74, 6) is -0.449. The minimum absolute atomic E-state index is 0.112. The lowest BCUT2D eigenvalue weighted by atomic mass is 10.0. The second kappa shape index (κ2) is 7.35. The molecule has 0 saturated heterocycles. The van der Waals surface area contributed by atoms with Gasteiger partial charge in [-0.15, -0.1) is 9.49 Å². The topological polar surface area (TPSA) is 42.5 Å². The molecule has 4 rings (SSSR count). The molecule has 2 unspecified atom stereocenters. The van der Waals surface area contributed by atoms with E-state index in [4.69, 9.17) is 0 Å². The number of aromatic nitrogens is 4. The summed E-state index contributed by atoms with van der Waals surface area (Å²) in [7, 11) is 0. The maximum atomic E-state index is 15.2. The Labute approximate surface area is 180 Å². The lowest BCUT2D eigenvalue weighted by Gasteiger charge is -2.12. The predicted octanol–water partition coefficient (Wildman–Crippen LogP) is 5.82. The molecular formula is C20H23Br2F2N4+. The highest BCUT2D eigenvalue weighted by Crippen LogP contribution is 2.52. The summed E-state index contributed by atoms with van der Waals surface area (Å²) >= 11 is 6.99. The molecule has 2 aliphatic rings. The molecule has 0 spiro atoms. The van der Waals surface area contributed by atoms with E-state index in [1.165, 1.54) is 4.68 Å². The van der Waals surface area contributed by atoms with Gasteiger partial charge in [0, 0.05) is 27.9 Å². The number of hydrogen-bond donors (Lipinski definition) is 0. The Kier molecular flexibility index (Phi) is 5.31. The van der Waals surface area contributed by atoms with Crippen LogP contribution >= 0.6 is 31.9 Å². The smallest absolute Gasteiger partial charge is 0.183 e. The Morgan fingerprint density at radius 3 is 2.14 bits per heavy atom. The second-order valence-corrected chi connectivity index (χ2v) is 10.0. The fraction of sp³-hybridized carbons (Fsp3) is 0.600. The average Bonchev–Trinajstić information content (AvgIpc) is 3.51. The largest absolute Gasteiger partial charge is 0.399 e. The minimum Gasteiger partial charge on any atom is -0.183 e. The van der Waals surface area contributed by atoms with Crippen LogP contribution in [0.1, 0.15) is 99.2 Å². The Bertz CT molecular complexity index is 945. The van der Waals surface area contributed by atoms with E-state index in [9.17, 15) is 4.39 Å². The average molecular weight is 517 g/mol. The van der Waals surface area contributed by atoms with Crippen LogP contribution in [0.5, 0.6) is 0 Å². The molecule has 2 fully saturated rings. The van der Waals surface area contributed by atoms with E-state index in [0.717, 1.165) is 24.1 Å². The van der Waals surface area contributed by atoms with Crippen LogP contribution in [0.15, 0.2) is 8.95 Å². The maximum absolute atomic E-state index is 15.2. The summed E-state index contributed by atoms with van der Waals surface area (Å²) in [6.45, 7) is 8.12. The van der Waals surface area contributed by atoms with Crippen LogP contribution in [-0.2, 0) is 0 Å². The molecule has 0 aromatic carbocycles. The molecule has 2 aliphatic carbocycles. The van der Waals surface area contributed by atoms with Crippen molar-refractivity contribution in [2.45, 2.75) is 76.7 Å². The minimum atomic E-state index is -0.595. The molecule has 2 saturated carbocycles. The molecule has 0 N–H and O–H groups in total. The van der Waals surface area contributed by atoms with Gasteiger partial charge in [-0.2, -0.15) is 9.49 Å². The Hall–Kier alpha value is -1.02. The first-order valence-corrected chi connectivity index (χ1v) is 11.3. The van der Waals surface area contributed by atoms with Crippen molar-refractivity contribution in [1.82, 2.24) is 15.3 Å². The van der Waals surface area contributed by atoms with E-state index in [-0.39, 0.29) is 29.7 Å². The monoisotopic (exact) mass is 515 g/mol. The van der Waals surface area contributed by atoms with Crippen LogP contribution in [0.4, 0.5) is 8.78 Å². The lowest BCUT2D eigenvalue weighted by molar-refractivity contribution is -0.784. The third-order valence-electron chi connectivity index (χ3n) is 5.56. The van der Waals surface area contributed by atoms with Crippen molar-refractivity contribution in [2.24, 2.45) is 0 Å². The lowest BCUT2D eigenvalue weighted by Crippen LogP contribution is -2.44. The third-order valence-corrected chi connectivity index (χ3v) is 7.15. The van der Waals surface area contributed by atoms with Gasteiger partial charge in [0.15, 0.2) is 6.04 Å². The maximum Gasteiger partial charge on any atom is 0.399 e. The highest BCUT2D eigenvalue weighted by molar-refractivity contribution is 9.10. The van der Waals surface area contributed by atoms with Crippen molar-refractivity contribution < 1.29 is 13.5 Å². The summed E-state index contributed by atoms with van der Waals surface area (Å²) in [6, 6.07) is -0.225. The quantitative estimate of drug-likeness (QED) is 0.470. The fourth-order valence-electron chi connectivity index (χ4n) is 3.82. The van der Waals surface area contributed by atoms with Crippen molar-refractivity contribution in [3.8, 4) is 0 Å². The van der Waals surface area contributed by atoms with Crippen LogP contribution in [0.3, 0.4) is 0 Å². The molecule has 28 heavy (non-hydrogen) atoms. The molecule has 150 valence electrons. The van der Waals surface area contributed by atoms with Gasteiger partial charge in [-0.05, 0) is 61.6 Å². The molecule has 2 atom stereocenters. The van der Waals surface area contributed by atoms with Crippen molar-refractivity contribution in [2.75, 3.05) is 0 Å². The fourth-order valence-corrected chi connectivity index (χ4v) is 5.52. The van der Waals surface area contributed by atoms with Gasteiger partial charge in [0.25, 0.3) is 0 Å². The number of rotatable bonds is 5. The molecule has 0 amide bonds. The first kappa shape index (κ1) is 20.3. The molecule has 2 heterocycles. The van der Waals surface area contributed by atoms with Crippen molar-refractivity contribution in [1.29, 1.82) is 0 Å². The summed E-state index contributed by atoms with van der Waals surface area (Å²) < 4.78 is 32.3. The summed E-state index contributed by atoms with van der Waals surface area (Å²) in [6.07, 6.45) is 2.78. The van der Waals surface area contributed by atoms with Gasteiger partial charge in [0.2, 0.25) is 5.95 Å². The summed E-state index contributed by atoms with van der Waals surface area (Å²) in [4.78, 5) is 0. The zero-order valence-electron chi connectivity index (χ0n) is 16.3. The highest BCUT2D eigenvalue weighted by atomic mass is 79.9. The van der Waals surface area contributed by atoms with E-state index >= 15 is 4.39 Å². The number of nitrogens with zero attached hydrogens (tertiary/aromatic N) is 4. The van der Waals surface area contributed by atoms with Crippen LogP contribution in [0.2, 0.25) is 0 Å². The van der Waals surface area contributed by atoms with Crippen LogP contribution in [0.25, 0.3) is 0 Å². The zero-order chi connectivity index (χ0) is 20.3. The third kappa shape index (κ3) is 3.40. The number of halogens is 4. The molecule has 0 radical (unpaired) electrons. The predicted molar refractivity (Wildman–Crippen MR) is 108 cm³/mol. The number of hydrogen-bond acceptors (Lipinski definition) is 3. The first-order valence-electron chi connectivity index (χ1n) is 9.74. The van der Waals surface area contributed by atoms with Crippen LogP contribution < -0.4 is 4.68 Å². The summed E-state index contributed by atoms with van der Waals surface area (Å²) in [5.41, 5.74) is 3.12. The van der Waals surface area contributed by atoms with Gasteiger partial charge >= 0.3 is 5.95 Å². The molecule has 4 nitrogen and oxygen atoms in total. The van der Waals surface area contributed by atoms with Gasteiger partial charge in [-0.3, -0.25) is 0 Å². The van der Waals surface area contributed by atoms with Gasteiger partial charge in [0.05, 0.1) is 11.6 Å². The standard InChI is InChI=1S/C20H23Br2F2N4/c1-8(2)17-13(10-5-6-10)16(22)20(24)28(27-17)12-7-11(12)14-15(21)18(9(3)4)25-26-19(14)23/h8-12H,5-7H2,1-4H3/q+1. The van der Waals surface area contributed by atoms with Crippen molar-refractivity contribution >= 4 is 31.9 Å². The van der Waals surface area contributed by atoms with E-state index in [0.29, 0.717) is 32.5 Å². The first-order chi connectivity index (χ1) is 13.2. The highest BCUT2D eigenvalue weighted by Gasteiger charge is 2.54. The zero-order valence-corrected chi connectivity index (χ0v) is 19.5. The van der Waals surface area contributed by atoms with E-state index in [2.05, 4.69) is 61.0 Å². The van der Waals surface area contributed by atoms with Crippen LogP contribution in [-0.4, -0.2) is 15.3 Å². The molecular weight excluding hydrogens is 494 g/mol. The molecule has 0 bridgehead atoms. The Morgan fingerprint density at radius 1 is 0.929 bits per heavy atom. The van der Waals surface area contributed by atoms with Crippen molar-refractivity contribution in [3.05, 3.63) is 43.4 Å². The molecule has 8 heteroatoms. The Morgan fingerprint density at radius 2 is 1.57 bits per heavy atom.